The summed E-state index contributed by atoms with van der Waals surface area (Å²) in [4.78, 5) is 4.13. The lowest BCUT2D eigenvalue weighted by molar-refractivity contribution is 0.407. The average molecular weight is 207 g/mol. The number of nitrogens with two attached hydrogens (primary N) is 1. The van der Waals surface area contributed by atoms with Gasteiger partial charge in [-0.3, -0.25) is 10.5 Å². The first kappa shape index (κ1) is 9.88. The van der Waals surface area contributed by atoms with Crippen LogP contribution in [0, 0.1) is 0 Å². The fourth-order valence-corrected chi connectivity index (χ4v) is 1.42. The summed E-state index contributed by atoms with van der Waals surface area (Å²) >= 11 is 0. The van der Waals surface area contributed by atoms with Gasteiger partial charge in [0.15, 0.2) is 0 Å². The van der Waals surface area contributed by atoms with E-state index < -0.39 is 0 Å². The van der Waals surface area contributed by atoms with E-state index in [0.29, 0.717) is 6.42 Å². The minimum atomic E-state index is -0.0806. The summed E-state index contributed by atoms with van der Waals surface area (Å²) in [7, 11) is 1.85. The monoisotopic (exact) mass is 207 g/mol. The van der Waals surface area contributed by atoms with Gasteiger partial charge in [0.2, 0.25) is 0 Å². The normalized spacial score (nSPS) is 12.9. The number of aromatic nitrogens is 3. The van der Waals surface area contributed by atoms with Crippen LogP contribution in [0.25, 0.3) is 0 Å². The zero-order valence-corrected chi connectivity index (χ0v) is 8.42. The van der Waals surface area contributed by atoms with Crippen molar-refractivity contribution >= 4 is 0 Å². The Morgan fingerprint density at radius 2 is 2.53 bits per heavy atom. The van der Waals surface area contributed by atoms with Crippen molar-refractivity contribution in [3.05, 3.63) is 36.3 Å². The maximum Gasteiger partial charge on any atom is 0.138 e. The molecule has 0 spiro atoms. The molecule has 80 valence electrons. The summed E-state index contributed by atoms with van der Waals surface area (Å²) in [5.74, 6) is 7.11. The molecule has 6 nitrogen and oxygen atoms in total. The van der Waals surface area contributed by atoms with Crippen LogP contribution in [0.3, 0.4) is 0 Å². The van der Waals surface area contributed by atoms with E-state index >= 15 is 0 Å². The zero-order chi connectivity index (χ0) is 10.7. The second-order valence-corrected chi connectivity index (χ2v) is 3.24. The van der Waals surface area contributed by atoms with E-state index in [-0.39, 0.29) is 6.04 Å². The summed E-state index contributed by atoms with van der Waals surface area (Å²) < 4.78 is 6.99. The Kier molecular flexibility index (Phi) is 2.79. The third kappa shape index (κ3) is 2.05. The van der Waals surface area contributed by atoms with Crippen LogP contribution in [0.2, 0.25) is 0 Å². The van der Waals surface area contributed by atoms with Crippen molar-refractivity contribution < 1.29 is 4.42 Å². The number of nitrogens with one attached hydrogen (secondary N) is 1. The van der Waals surface area contributed by atoms with Crippen molar-refractivity contribution in [2.75, 3.05) is 0 Å². The highest BCUT2D eigenvalue weighted by Gasteiger charge is 2.15. The predicted octanol–water partition coefficient (Wildman–Crippen LogP) is 0.155. The van der Waals surface area contributed by atoms with Gasteiger partial charge in [0.25, 0.3) is 0 Å². The first-order valence-electron chi connectivity index (χ1n) is 4.63. The highest BCUT2D eigenvalue weighted by atomic mass is 16.3. The number of hydrogen-bond donors (Lipinski definition) is 2. The Labute approximate surface area is 87.1 Å². The Morgan fingerprint density at radius 1 is 1.67 bits per heavy atom. The van der Waals surface area contributed by atoms with Gasteiger partial charge in [-0.05, 0) is 12.1 Å². The number of hydrazine groups is 1. The summed E-state index contributed by atoms with van der Waals surface area (Å²) in [5, 5.41) is 3.99. The molecule has 0 saturated heterocycles. The SMILES string of the molecule is Cn1ncnc1CC(NN)c1ccco1. The highest BCUT2D eigenvalue weighted by Crippen LogP contribution is 2.16. The minimum Gasteiger partial charge on any atom is -0.468 e. The van der Waals surface area contributed by atoms with Crippen molar-refractivity contribution in [3.8, 4) is 0 Å². The van der Waals surface area contributed by atoms with Crippen LogP contribution in [-0.2, 0) is 13.5 Å². The van der Waals surface area contributed by atoms with E-state index in [1.165, 1.54) is 6.33 Å². The lowest BCUT2D eigenvalue weighted by Gasteiger charge is -2.12. The molecule has 0 amide bonds. The first-order chi connectivity index (χ1) is 7.31. The van der Waals surface area contributed by atoms with E-state index in [1.54, 1.807) is 10.9 Å². The smallest absolute Gasteiger partial charge is 0.138 e. The summed E-state index contributed by atoms with van der Waals surface area (Å²) in [6.45, 7) is 0. The van der Waals surface area contributed by atoms with E-state index in [0.717, 1.165) is 11.6 Å². The summed E-state index contributed by atoms with van der Waals surface area (Å²) in [6.07, 6.45) is 3.78. The standard InChI is InChI=1S/C9H13N5O/c1-14-9(11-6-12-14)5-7(13-10)8-3-2-4-15-8/h2-4,6-7,13H,5,10H2,1H3. The van der Waals surface area contributed by atoms with Crippen LogP contribution in [0.5, 0.6) is 0 Å². The van der Waals surface area contributed by atoms with Gasteiger partial charge >= 0.3 is 0 Å². The van der Waals surface area contributed by atoms with Gasteiger partial charge in [-0.15, -0.1) is 0 Å². The average Bonchev–Trinajstić information content (AvgIpc) is 2.86. The quantitative estimate of drug-likeness (QED) is 0.551. The number of rotatable bonds is 4. The molecule has 0 fully saturated rings. The fourth-order valence-electron chi connectivity index (χ4n) is 1.42. The van der Waals surface area contributed by atoms with Crippen molar-refractivity contribution in [1.29, 1.82) is 0 Å². The van der Waals surface area contributed by atoms with Gasteiger partial charge < -0.3 is 4.42 Å². The minimum absolute atomic E-state index is 0.0806. The van der Waals surface area contributed by atoms with Gasteiger partial charge in [0, 0.05) is 13.5 Å². The van der Waals surface area contributed by atoms with Crippen LogP contribution < -0.4 is 11.3 Å². The Hall–Kier alpha value is -1.66. The molecule has 1 unspecified atom stereocenters. The van der Waals surface area contributed by atoms with E-state index in [2.05, 4.69) is 15.5 Å². The van der Waals surface area contributed by atoms with Gasteiger partial charge in [-0.25, -0.2) is 10.4 Å². The molecule has 2 aromatic rings. The van der Waals surface area contributed by atoms with Crippen LogP contribution in [-0.4, -0.2) is 14.8 Å². The van der Waals surface area contributed by atoms with Crippen molar-refractivity contribution in [3.63, 3.8) is 0 Å². The molecule has 0 aliphatic rings. The molecule has 0 radical (unpaired) electrons. The van der Waals surface area contributed by atoms with Gasteiger partial charge in [0.1, 0.15) is 17.9 Å². The van der Waals surface area contributed by atoms with Crippen molar-refractivity contribution in [2.24, 2.45) is 12.9 Å². The van der Waals surface area contributed by atoms with E-state index in [4.69, 9.17) is 10.3 Å². The van der Waals surface area contributed by atoms with Crippen LogP contribution in [0.1, 0.15) is 17.6 Å². The van der Waals surface area contributed by atoms with Crippen molar-refractivity contribution in [1.82, 2.24) is 20.2 Å². The Balaban J connectivity index is 2.13. The van der Waals surface area contributed by atoms with E-state index in [9.17, 15) is 0 Å². The third-order valence-electron chi connectivity index (χ3n) is 2.28. The topological polar surface area (TPSA) is 81.9 Å². The van der Waals surface area contributed by atoms with Crippen LogP contribution >= 0.6 is 0 Å². The second-order valence-electron chi connectivity index (χ2n) is 3.24. The van der Waals surface area contributed by atoms with E-state index in [1.807, 2.05) is 19.2 Å². The lowest BCUT2D eigenvalue weighted by Crippen LogP contribution is -2.30. The molecular weight excluding hydrogens is 194 g/mol. The molecule has 1 atom stereocenters. The van der Waals surface area contributed by atoms with Crippen LogP contribution in [0.15, 0.2) is 29.1 Å². The number of aryl methyl sites for hydroxylation is 1. The Bertz CT molecular complexity index is 408. The van der Waals surface area contributed by atoms with Gasteiger partial charge in [-0.2, -0.15) is 5.10 Å². The molecule has 2 aromatic heterocycles. The molecule has 0 aromatic carbocycles. The zero-order valence-electron chi connectivity index (χ0n) is 8.42. The molecule has 2 rings (SSSR count). The summed E-state index contributed by atoms with van der Waals surface area (Å²) in [6, 6.07) is 3.62. The molecular formula is C9H13N5O. The molecule has 0 saturated carbocycles. The molecule has 0 aliphatic heterocycles. The first-order valence-corrected chi connectivity index (χ1v) is 4.63. The third-order valence-corrected chi connectivity index (χ3v) is 2.28. The molecule has 2 heterocycles. The largest absolute Gasteiger partial charge is 0.468 e. The fraction of sp³-hybridized carbons (Fsp3) is 0.333. The molecule has 6 heteroatoms. The highest BCUT2D eigenvalue weighted by molar-refractivity contribution is 5.06. The molecule has 0 aliphatic carbocycles. The maximum atomic E-state index is 5.46. The second kappa shape index (κ2) is 4.24. The predicted molar refractivity (Wildman–Crippen MR) is 53.5 cm³/mol. The lowest BCUT2D eigenvalue weighted by atomic mass is 10.1. The molecule has 3 N–H and O–H groups in total. The number of hydrogen-bond acceptors (Lipinski definition) is 5. The van der Waals surface area contributed by atoms with Gasteiger partial charge in [0.05, 0.1) is 12.3 Å². The van der Waals surface area contributed by atoms with Crippen LogP contribution in [0.4, 0.5) is 0 Å². The maximum absolute atomic E-state index is 5.46. The van der Waals surface area contributed by atoms with Gasteiger partial charge in [-0.1, -0.05) is 0 Å². The van der Waals surface area contributed by atoms with Crippen molar-refractivity contribution in [2.45, 2.75) is 12.5 Å². The molecule has 15 heavy (non-hydrogen) atoms. The summed E-state index contributed by atoms with van der Waals surface area (Å²) in [5.41, 5.74) is 2.70. The Morgan fingerprint density at radius 3 is 3.07 bits per heavy atom. The number of nitrogens with zero attached hydrogens (tertiary/aromatic N) is 3. The molecule has 0 bridgehead atoms. The number of furan rings is 1.